The number of pyridine rings is 1. The van der Waals surface area contributed by atoms with Crippen LogP contribution in [0, 0.1) is 0 Å². The maximum Gasteiger partial charge on any atom is 0.270 e. The maximum atomic E-state index is 12.9. The van der Waals surface area contributed by atoms with E-state index in [-0.39, 0.29) is 16.8 Å². The van der Waals surface area contributed by atoms with Crippen molar-refractivity contribution in [3.8, 4) is 11.5 Å². The second kappa shape index (κ2) is 7.43. The molecule has 1 N–H and O–H groups in total. The average Bonchev–Trinajstić information content (AvgIpc) is 2.95. The first-order chi connectivity index (χ1) is 13.5. The summed E-state index contributed by atoms with van der Waals surface area (Å²) in [6.45, 7) is 0. The van der Waals surface area contributed by atoms with E-state index in [2.05, 4.69) is 4.98 Å². The van der Waals surface area contributed by atoms with Crippen LogP contribution in [0.3, 0.4) is 0 Å². The molecule has 1 aromatic heterocycles. The minimum atomic E-state index is -0.272. The second-order valence-corrected chi connectivity index (χ2v) is 8.00. The van der Waals surface area contributed by atoms with Gasteiger partial charge < -0.3 is 9.84 Å². The van der Waals surface area contributed by atoms with E-state index in [4.69, 9.17) is 28.6 Å². The van der Waals surface area contributed by atoms with E-state index >= 15 is 0 Å². The third-order valence-corrected chi connectivity index (χ3v) is 5.78. The molecule has 140 valence electrons. The molecule has 0 unspecified atom stereocenters. The fourth-order valence-corrected chi connectivity index (χ4v) is 4.32. The largest absolute Gasteiger partial charge is 0.508 e. The van der Waals surface area contributed by atoms with Crippen LogP contribution < -0.4 is 9.64 Å². The molecule has 1 aliphatic rings. The number of carbonyl (C=O) groups excluding carboxylic acids is 1. The number of methoxy groups -OCH3 is 1. The lowest BCUT2D eigenvalue weighted by Gasteiger charge is -2.14. The lowest BCUT2D eigenvalue weighted by molar-refractivity contribution is -0.113. The molecule has 1 fully saturated rings. The van der Waals surface area contributed by atoms with Gasteiger partial charge in [-0.05, 0) is 36.4 Å². The zero-order valence-corrected chi connectivity index (χ0v) is 16.9. The number of aromatic nitrogens is 1. The highest BCUT2D eigenvalue weighted by atomic mass is 35.5. The van der Waals surface area contributed by atoms with E-state index in [1.54, 1.807) is 31.4 Å². The number of thioether (sulfide) groups is 1. The summed E-state index contributed by atoms with van der Waals surface area (Å²) in [6.07, 6.45) is 1.68. The SMILES string of the molecule is COc1ccc2cc(/C=C3\SC(=S)N(c4cccc(O)c4)C3=O)c(Cl)nc2c1. The Balaban J connectivity index is 1.72. The number of phenolic OH excluding ortho intramolecular Hbond substituents is 1. The Bertz CT molecular complexity index is 1160. The van der Waals surface area contributed by atoms with Crippen molar-refractivity contribution in [1.82, 2.24) is 4.98 Å². The zero-order valence-electron chi connectivity index (χ0n) is 14.5. The van der Waals surface area contributed by atoms with E-state index in [1.807, 2.05) is 18.2 Å². The number of carbonyl (C=O) groups is 1. The minimum Gasteiger partial charge on any atom is -0.508 e. The van der Waals surface area contributed by atoms with Crippen LogP contribution in [-0.4, -0.2) is 27.4 Å². The summed E-state index contributed by atoms with van der Waals surface area (Å²) < 4.78 is 5.59. The molecule has 5 nitrogen and oxygen atoms in total. The summed E-state index contributed by atoms with van der Waals surface area (Å²) >= 11 is 12.9. The van der Waals surface area contributed by atoms with E-state index in [0.717, 1.165) is 5.39 Å². The first-order valence-corrected chi connectivity index (χ1v) is 9.78. The number of fused-ring (bicyclic) bond motifs is 1. The summed E-state index contributed by atoms with van der Waals surface area (Å²) in [5.74, 6) is 0.482. The van der Waals surface area contributed by atoms with E-state index < -0.39 is 0 Å². The van der Waals surface area contributed by atoms with Gasteiger partial charge in [0.15, 0.2) is 4.32 Å². The number of rotatable bonds is 3. The third-order valence-electron chi connectivity index (χ3n) is 4.17. The minimum absolute atomic E-state index is 0.0627. The maximum absolute atomic E-state index is 12.9. The normalized spacial score (nSPS) is 15.6. The van der Waals surface area contributed by atoms with Gasteiger partial charge in [0, 0.05) is 23.1 Å². The highest BCUT2D eigenvalue weighted by Crippen LogP contribution is 2.37. The van der Waals surface area contributed by atoms with Crippen molar-refractivity contribution in [2.45, 2.75) is 0 Å². The Morgan fingerprint density at radius 1 is 1.25 bits per heavy atom. The van der Waals surface area contributed by atoms with Gasteiger partial charge in [0.2, 0.25) is 0 Å². The first kappa shape index (κ1) is 18.7. The number of hydrogen-bond donors (Lipinski definition) is 1. The zero-order chi connectivity index (χ0) is 19.8. The van der Waals surface area contributed by atoms with Crippen LogP contribution in [-0.2, 0) is 4.79 Å². The van der Waals surface area contributed by atoms with Crippen LogP contribution in [0.25, 0.3) is 17.0 Å². The lowest BCUT2D eigenvalue weighted by Crippen LogP contribution is -2.27. The quantitative estimate of drug-likeness (QED) is 0.359. The molecule has 1 saturated heterocycles. The summed E-state index contributed by atoms with van der Waals surface area (Å²) in [6, 6.07) is 13.8. The number of phenols is 1. The summed E-state index contributed by atoms with van der Waals surface area (Å²) in [5.41, 5.74) is 1.84. The third kappa shape index (κ3) is 3.44. The Kier molecular flexibility index (Phi) is 4.97. The molecule has 3 aromatic rings. The van der Waals surface area contributed by atoms with Crippen molar-refractivity contribution in [3.63, 3.8) is 0 Å². The van der Waals surface area contributed by atoms with Gasteiger partial charge in [-0.2, -0.15) is 0 Å². The molecule has 0 atom stereocenters. The molecular weight excluding hydrogens is 416 g/mol. The molecule has 1 aliphatic heterocycles. The van der Waals surface area contributed by atoms with Crippen molar-refractivity contribution < 1.29 is 14.6 Å². The number of halogens is 1. The number of aromatic hydroxyl groups is 1. The molecule has 4 rings (SSSR count). The predicted molar refractivity (Wildman–Crippen MR) is 117 cm³/mol. The fourth-order valence-electron chi connectivity index (χ4n) is 2.83. The van der Waals surface area contributed by atoms with Crippen LogP contribution in [0.1, 0.15) is 5.56 Å². The van der Waals surface area contributed by atoms with E-state index in [9.17, 15) is 9.90 Å². The van der Waals surface area contributed by atoms with Crippen LogP contribution >= 0.6 is 35.6 Å². The Hall–Kier alpha value is -2.61. The van der Waals surface area contributed by atoms with Gasteiger partial charge in [0.1, 0.15) is 16.7 Å². The molecule has 28 heavy (non-hydrogen) atoms. The average molecular weight is 429 g/mol. The number of ether oxygens (including phenoxy) is 1. The Morgan fingerprint density at radius 2 is 2.07 bits per heavy atom. The van der Waals surface area contributed by atoms with E-state index in [1.165, 1.54) is 28.8 Å². The second-order valence-electron chi connectivity index (χ2n) is 5.96. The Morgan fingerprint density at radius 3 is 2.82 bits per heavy atom. The van der Waals surface area contributed by atoms with Gasteiger partial charge in [-0.1, -0.05) is 41.6 Å². The lowest BCUT2D eigenvalue weighted by atomic mass is 10.1. The van der Waals surface area contributed by atoms with Crippen molar-refractivity contribution in [3.05, 3.63) is 64.2 Å². The fraction of sp³-hybridized carbons (Fsp3) is 0.0500. The highest BCUT2D eigenvalue weighted by Gasteiger charge is 2.33. The molecule has 0 radical (unpaired) electrons. The number of benzene rings is 2. The number of hydrogen-bond acceptors (Lipinski definition) is 6. The van der Waals surface area contributed by atoms with Gasteiger partial charge in [0.25, 0.3) is 5.91 Å². The molecule has 0 bridgehead atoms. The molecule has 1 amide bonds. The number of thiocarbonyl (C=S) groups is 1. The van der Waals surface area contributed by atoms with Gasteiger partial charge >= 0.3 is 0 Å². The number of nitrogens with zero attached hydrogens (tertiary/aromatic N) is 2. The van der Waals surface area contributed by atoms with Crippen molar-refractivity contribution in [2.75, 3.05) is 12.0 Å². The van der Waals surface area contributed by atoms with Crippen molar-refractivity contribution in [2.24, 2.45) is 0 Å². The highest BCUT2D eigenvalue weighted by molar-refractivity contribution is 8.27. The van der Waals surface area contributed by atoms with Crippen LogP contribution in [0.15, 0.2) is 53.4 Å². The van der Waals surface area contributed by atoms with Crippen LogP contribution in [0.5, 0.6) is 11.5 Å². The van der Waals surface area contributed by atoms with E-state index in [0.29, 0.717) is 31.7 Å². The summed E-state index contributed by atoms with van der Waals surface area (Å²) in [5, 5.41) is 10.8. The first-order valence-electron chi connectivity index (χ1n) is 8.17. The standard InChI is InChI=1S/C20H13ClN2O3S2/c1-26-15-6-5-11-7-12(18(21)22-16(11)10-15)8-17-19(25)23(20(27)28-17)13-3-2-4-14(24)9-13/h2-10,24H,1H3/b17-8-. The molecule has 0 spiro atoms. The predicted octanol–water partition coefficient (Wildman–Crippen LogP) is 5.01. The smallest absolute Gasteiger partial charge is 0.270 e. The molecule has 2 aromatic carbocycles. The summed E-state index contributed by atoms with van der Waals surface area (Å²) in [7, 11) is 1.59. The monoisotopic (exact) mass is 428 g/mol. The topological polar surface area (TPSA) is 62.7 Å². The van der Waals surface area contributed by atoms with Gasteiger partial charge in [-0.3, -0.25) is 9.69 Å². The van der Waals surface area contributed by atoms with Crippen molar-refractivity contribution in [1.29, 1.82) is 0 Å². The van der Waals surface area contributed by atoms with Gasteiger partial charge in [0.05, 0.1) is 23.2 Å². The molecule has 0 saturated carbocycles. The number of amides is 1. The molecular formula is C20H13ClN2O3S2. The van der Waals surface area contributed by atoms with Crippen LogP contribution in [0.2, 0.25) is 5.15 Å². The molecule has 0 aliphatic carbocycles. The number of anilines is 1. The van der Waals surface area contributed by atoms with Crippen molar-refractivity contribution >= 4 is 68.5 Å². The Labute approximate surface area is 175 Å². The van der Waals surface area contributed by atoms with Crippen LogP contribution in [0.4, 0.5) is 5.69 Å². The molecule has 8 heteroatoms. The van der Waals surface area contributed by atoms with Gasteiger partial charge in [-0.15, -0.1) is 0 Å². The van der Waals surface area contributed by atoms with Gasteiger partial charge in [-0.25, -0.2) is 4.98 Å². The molecule has 2 heterocycles. The summed E-state index contributed by atoms with van der Waals surface area (Å²) in [4.78, 5) is 19.1.